The smallest absolute Gasteiger partial charge is 0.123 e. The Morgan fingerprint density at radius 2 is 1.67 bits per heavy atom. The normalized spacial score (nSPS) is 11.0. The van der Waals surface area contributed by atoms with Crippen molar-refractivity contribution < 1.29 is 0 Å². The van der Waals surface area contributed by atoms with Crippen LogP contribution in [-0.2, 0) is 13.6 Å². The Morgan fingerprint density at radius 3 is 2.11 bits per heavy atom. The van der Waals surface area contributed by atoms with Crippen LogP contribution in [0.1, 0.15) is 28.2 Å². The van der Waals surface area contributed by atoms with Crippen LogP contribution in [0.3, 0.4) is 0 Å². The van der Waals surface area contributed by atoms with Gasteiger partial charge in [-0.3, -0.25) is 0 Å². The highest BCUT2D eigenvalue weighted by atomic mass is 15.1. The molecule has 2 rings (SSSR count). The second-order valence-corrected chi connectivity index (χ2v) is 5.00. The monoisotopic (exact) mass is 243 g/mol. The minimum atomic E-state index is 0.474. The van der Waals surface area contributed by atoms with Crippen LogP contribution < -0.4 is 5.73 Å². The zero-order valence-corrected chi connectivity index (χ0v) is 11.8. The van der Waals surface area contributed by atoms with Crippen LogP contribution in [0, 0.1) is 27.7 Å². The Hall–Kier alpha value is -1.61. The van der Waals surface area contributed by atoms with E-state index in [0.29, 0.717) is 6.54 Å². The number of nitrogens with zero attached hydrogens (tertiary/aromatic N) is 2. The minimum absolute atomic E-state index is 0.474. The zero-order chi connectivity index (χ0) is 13.4. The van der Waals surface area contributed by atoms with Crippen molar-refractivity contribution in [3.05, 3.63) is 40.3 Å². The Labute approximate surface area is 109 Å². The number of aryl methyl sites for hydroxylation is 3. The molecule has 3 heteroatoms. The number of hydrogen-bond donors (Lipinski definition) is 1. The van der Waals surface area contributed by atoms with Crippen LogP contribution in [0.2, 0.25) is 0 Å². The number of benzene rings is 1. The van der Waals surface area contributed by atoms with E-state index >= 15 is 0 Å². The summed E-state index contributed by atoms with van der Waals surface area (Å²) in [6.45, 7) is 8.99. The van der Waals surface area contributed by atoms with Crippen LogP contribution in [0.5, 0.6) is 0 Å². The fourth-order valence-electron chi connectivity index (χ4n) is 2.61. The van der Waals surface area contributed by atoms with Gasteiger partial charge in [-0.1, -0.05) is 17.7 Å². The van der Waals surface area contributed by atoms with Crippen molar-refractivity contribution in [2.45, 2.75) is 34.2 Å². The summed E-state index contributed by atoms with van der Waals surface area (Å²) >= 11 is 0. The maximum Gasteiger partial charge on any atom is 0.123 e. The molecule has 0 aliphatic carbocycles. The lowest BCUT2D eigenvalue weighted by Gasteiger charge is -2.10. The van der Waals surface area contributed by atoms with Gasteiger partial charge in [0.05, 0.1) is 12.2 Å². The Morgan fingerprint density at radius 1 is 1.11 bits per heavy atom. The van der Waals surface area contributed by atoms with Gasteiger partial charge in [-0.15, -0.1) is 0 Å². The largest absolute Gasteiger partial charge is 0.334 e. The molecule has 0 unspecified atom stereocenters. The third-order valence-electron chi connectivity index (χ3n) is 3.57. The maximum atomic E-state index is 5.73. The second kappa shape index (κ2) is 4.58. The molecule has 96 valence electrons. The molecular formula is C15H21N3. The summed E-state index contributed by atoms with van der Waals surface area (Å²) in [6.07, 6.45) is 0. The molecule has 0 spiro atoms. The Kier molecular flexibility index (Phi) is 3.26. The van der Waals surface area contributed by atoms with Gasteiger partial charge >= 0.3 is 0 Å². The molecule has 0 radical (unpaired) electrons. The molecule has 1 aromatic carbocycles. The first-order valence-corrected chi connectivity index (χ1v) is 6.26. The van der Waals surface area contributed by atoms with Gasteiger partial charge in [0.25, 0.3) is 0 Å². The highest BCUT2D eigenvalue weighted by molar-refractivity contribution is 5.70. The van der Waals surface area contributed by atoms with E-state index in [1.54, 1.807) is 0 Å². The van der Waals surface area contributed by atoms with E-state index in [2.05, 4.69) is 49.4 Å². The van der Waals surface area contributed by atoms with Crippen molar-refractivity contribution in [2.24, 2.45) is 12.8 Å². The molecule has 3 nitrogen and oxygen atoms in total. The van der Waals surface area contributed by atoms with Gasteiger partial charge < -0.3 is 10.3 Å². The zero-order valence-electron chi connectivity index (χ0n) is 11.8. The molecule has 1 aromatic heterocycles. The predicted octanol–water partition coefficient (Wildman–Crippen LogP) is 2.78. The Balaban J connectivity index is 2.70. The van der Waals surface area contributed by atoms with E-state index in [1.165, 1.54) is 27.9 Å². The number of nitrogens with two attached hydrogens (primary N) is 1. The molecule has 0 aliphatic heterocycles. The summed E-state index contributed by atoms with van der Waals surface area (Å²) in [5.41, 5.74) is 13.0. The van der Waals surface area contributed by atoms with Crippen molar-refractivity contribution >= 4 is 0 Å². The quantitative estimate of drug-likeness (QED) is 0.881. The van der Waals surface area contributed by atoms with Crippen molar-refractivity contribution in [1.82, 2.24) is 9.55 Å². The van der Waals surface area contributed by atoms with Gasteiger partial charge in [0.2, 0.25) is 0 Å². The minimum Gasteiger partial charge on any atom is -0.334 e. The first-order valence-electron chi connectivity index (χ1n) is 6.26. The molecule has 18 heavy (non-hydrogen) atoms. The molecule has 0 bridgehead atoms. The number of hydrogen-bond acceptors (Lipinski definition) is 2. The summed E-state index contributed by atoms with van der Waals surface area (Å²) in [6, 6.07) is 4.41. The molecule has 0 atom stereocenters. The summed E-state index contributed by atoms with van der Waals surface area (Å²) < 4.78 is 2.08. The third kappa shape index (κ3) is 1.95. The number of aromatic nitrogens is 2. The van der Waals surface area contributed by atoms with E-state index in [1.807, 2.05) is 7.05 Å². The van der Waals surface area contributed by atoms with Crippen molar-refractivity contribution in [2.75, 3.05) is 0 Å². The predicted molar refractivity (Wildman–Crippen MR) is 75.5 cm³/mol. The fourth-order valence-corrected chi connectivity index (χ4v) is 2.61. The van der Waals surface area contributed by atoms with Crippen LogP contribution in [0.4, 0.5) is 0 Å². The number of imidazole rings is 1. The average Bonchev–Trinajstić information content (AvgIpc) is 2.56. The molecule has 2 aromatic rings. The lowest BCUT2D eigenvalue weighted by atomic mass is 9.96. The maximum absolute atomic E-state index is 5.73. The van der Waals surface area contributed by atoms with Crippen LogP contribution in [0.25, 0.3) is 11.3 Å². The molecular weight excluding hydrogens is 222 g/mol. The van der Waals surface area contributed by atoms with Gasteiger partial charge in [0.1, 0.15) is 5.82 Å². The van der Waals surface area contributed by atoms with E-state index in [0.717, 1.165) is 11.5 Å². The summed E-state index contributed by atoms with van der Waals surface area (Å²) in [7, 11) is 2.02. The summed E-state index contributed by atoms with van der Waals surface area (Å²) in [5.74, 6) is 0.932. The average molecular weight is 243 g/mol. The van der Waals surface area contributed by atoms with Crippen molar-refractivity contribution in [3.8, 4) is 11.3 Å². The molecule has 1 heterocycles. The Bertz CT molecular complexity index is 571. The van der Waals surface area contributed by atoms with E-state index in [9.17, 15) is 0 Å². The lowest BCUT2D eigenvalue weighted by Crippen LogP contribution is -2.05. The van der Waals surface area contributed by atoms with Crippen LogP contribution in [-0.4, -0.2) is 9.55 Å². The number of rotatable bonds is 2. The highest BCUT2D eigenvalue weighted by Crippen LogP contribution is 2.30. The van der Waals surface area contributed by atoms with E-state index in [-0.39, 0.29) is 0 Å². The topological polar surface area (TPSA) is 43.8 Å². The van der Waals surface area contributed by atoms with E-state index < -0.39 is 0 Å². The van der Waals surface area contributed by atoms with E-state index in [4.69, 9.17) is 5.73 Å². The first kappa shape index (κ1) is 12.8. The highest BCUT2D eigenvalue weighted by Gasteiger charge is 2.15. The molecule has 0 fully saturated rings. The van der Waals surface area contributed by atoms with Gasteiger partial charge in [0.15, 0.2) is 0 Å². The van der Waals surface area contributed by atoms with Gasteiger partial charge in [-0.2, -0.15) is 0 Å². The van der Waals surface area contributed by atoms with Gasteiger partial charge in [-0.05, 0) is 38.8 Å². The fraction of sp³-hybridized carbons (Fsp3) is 0.400. The van der Waals surface area contributed by atoms with Crippen molar-refractivity contribution in [3.63, 3.8) is 0 Å². The SMILES string of the molecule is Cc1cc(C)c(-c2nc(CN)n(C)c2C)c(C)c1. The third-order valence-corrected chi connectivity index (χ3v) is 3.57. The molecule has 0 amide bonds. The van der Waals surface area contributed by atoms with Crippen LogP contribution in [0.15, 0.2) is 12.1 Å². The van der Waals surface area contributed by atoms with Crippen LogP contribution >= 0.6 is 0 Å². The van der Waals surface area contributed by atoms with Gasteiger partial charge in [-0.25, -0.2) is 4.98 Å². The summed E-state index contributed by atoms with van der Waals surface area (Å²) in [4.78, 5) is 4.69. The molecule has 2 N–H and O–H groups in total. The molecule has 0 saturated heterocycles. The van der Waals surface area contributed by atoms with Gasteiger partial charge in [0, 0.05) is 18.3 Å². The molecule has 0 saturated carbocycles. The molecule has 0 aliphatic rings. The second-order valence-electron chi connectivity index (χ2n) is 5.00. The standard InChI is InChI=1S/C15H21N3/c1-9-6-10(2)14(11(3)7-9)15-12(4)18(5)13(8-16)17-15/h6-7H,8,16H2,1-5H3. The van der Waals surface area contributed by atoms with Crippen molar-refractivity contribution in [1.29, 1.82) is 0 Å². The first-order chi connectivity index (χ1) is 8.45. The lowest BCUT2D eigenvalue weighted by molar-refractivity contribution is 0.774. The summed E-state index contributed by atoms with van der Waals surface area (Å²) in [5, 5.41) is 0.